The minimum atomic E-state index is -0.848. The molecule has 0 aliphatic carbocycles. The van der Waals surface area contributed by atoms with Gasteiger partial charge >= 0.3 is 5.97 Å². The van der Waals surface area contributed by atoms with Crippen molar-refractivity contribution in [3.63, 3.8) is 0 Å². The van der Waals surface area contributed by atoms with Gasteiger partial charge in [-0.1, -0.05) is 6.07 Å². The molecule has 0 bridgehead atoms. The molecule has 2 rings (SSSR count). The first-order valence-electron chi connectivity index (χ1n) is 5.36. The van der Waals surface area contributed by atoms with Crippen molar-refractivity contribution in [2.75, 3.05) is 13.8 Å². The molecule has 92 valence electrons. The third-order valence-corrected chi connectivity index (χ3v) is 3.07. The predicted molar refractivity (Wildman–Crippen MR) is 61.2 cm³/mol. The fourth-order valence-corrected chi connectivity index (χ4v) is 1.88. The van der Waals surface area contributed by atoms with E-state index in [0.29, 0.717) is 11.5 Å². The van der Waals surface area contributed by atoms with Gasteiger partial charge in [0.2, 0.25) is 6.79 Å². The normalized spacial score (nSPS) is 16.6. The number of nitrogens with one attached hydrogen (secondary N) is 1. The van der Waals surface area contributed by atoms with Gasteiger partial charge in [0.1, 0.15) is 0 Å². The Morgan fingerprint density at radius 3 is 2.82 bits per heavy atom. The Morgan fingerprint density at radius 2 is 2.18 bits per heavy atom. The van der Waals surface area contributed by atoms with Crippen LogP contribution in [0.4, 0.5) is 0 Å². The van der Waals surface area contributed by atoms with Crippen molar-refractivity contribution in [3.05, 3.63) is 23.8 Å². The lowest BCUT2D eigenvalue weighted by Gasteiger charge is -2.28. The summed E-state index contributed by atoms with van der Waals surface area (Å²) in [5.41, 5.74) is 0.249. The molecule has 0 radical (unpaired) electrons. The van der Waals surface area contributed by atoms with Crippen molar-refractivity contribution in [1.29, 1.82) is 0 Å². The topological polar surface area (TPSA) is 67.8 Å². The summed E-state index contributed by atoms with van der Waals surface area (Å²) in [6.07, 6.45) is 0.00312. The van der Waals surface area contributed by atoms with Gasteiger partial charge in [-0.2, -0.15) is 0 Å². The van der Waals surface area contributed by atoms with Crippen LogP contribution in [0.25, 0.3) is 0 Å². The van der Waals surface area contributed by atoms with Crippen LogP contribution < -0.4 is 14.8 Å². The maximum Gasteiger partial charge on any atom is 0.305 e. The summed E-state index contributed by atoms with van der Waals surface area (Å²) in [7, 11) is 1.74. The van der Waals surface area contributed by atoms with Crippen LogP contribution in [0.3, 0.4) is 0 Å². The minimum absolute atomic E-state index is 0.00312. The molecular formula is C12H15NO4. The van der Waals surface area contributed by atoms with E-state index in [1.807, 2.05) is 19.1 Å². The zero-order valence-electron chi connectivity index (χ0n) is 9.82. The lowest BCUT2D eigenvalue weighted by Crippen LogP contribution is -2.38. The Bertz CT molecular complexity index is 446. The highest BCUT2D eigenvalue weighted by molar-refractivity contribution is 5.69. The number of aliphatic carboxylic acids is 1. The second kappa shape index (κ2) is 4.25. The second-order valence-corrected chi connectivity index (χ2v) is 4.22. The molecule has 0 aromatic heterocycles. The SMILES string of the molecule is CNC(C)(CC(=O)O)c1ccc2c(c1)OCO2. The van der Waals surface area contributed by atoms with Gasteiger partial charge in [0.25, 0.3) is 0 Å². The molecule has 5 heteroatoms. The van der Waals surface area contributed by atoms with Crippen molar-refractivity contribution in [2.45, 2.75) is 18.9 Å². The number of benzene rings is 1. The molecule has 1 unspecified atom stereocenters. The second-order valence-electron chi connectivity index (χ2n) is 4.22. The van der Waals surface area contributed by atoms with Gasteiger partial charge in [-0.15, -0.1) is 0 Å². The van der Waals surface area contributed by atoms with Gasteiger partial charge < -0.3 is 19.9 Å². The van der Waals surface area contributed by atoms with Crippen molar-refractivity contribution < 1.29 is 19.4 Å². The maximum atomic E-state index is 10.9. The zero-order valence-corrected chi connectivity index (χ0v) is 9.82. The van der Waals surface area contributed by atoms with E-state index in [1.54, 1.807) is 13.1 Å². The number of fused-ring (bicyclic) bond motifs is 1. The van der Waals surface area contributed by atoms with E-state index < -0.39 is 11.5 Å². The van der Waals surface area contributed by atoms with E-state index in [1.165, 1.54) is 0 Å². The quantitative estimate of drug-likeness (QED) is 0.826. The molecule has 17 heavy (non-hydrogen) atoms. The third-order valence-electron chi connectivity index (χ3n) is 3.07. The number of rotatable bonds is 4. The summed E-state index contributed by atoms with van der Waals surface area (Å²) in [6.45, 7) is 2.06. The molecule has 5 nitrogen and oxygen atoms in total. The summed E-state index contributed by atoms with van der Waals surface area (Å²) in [5, 5.41) is 12.0. The summed E-state index contributed by atoms with van der Waals surface area (Å²) >= 11 is 0. The Labute approximate surface area is 99.3 Å². The third kappa shape index (κ3) is 2.19. The average molecular weight is 237 g/mol. The molecule has 2 N–H and O–H groups in total. The lowest BCUT2D eigenvalue weighted by molar-refractivity contribution is -0.138. The van der Waals surface area contributed by atoms with Crippen molar-refractivity contribution in [3.8, 4) is 11.5 Å². The lowest BCUT2D eigenvalue weighted by atomic mass is 9.88. The fourth-order valence-electron chi connectivity index (χ4n) is 1.88. The van der Waals surface area contributed by atoms with E-state index in [-0.39, 0.29) is 13.2 Å². The van der Waals surface area contributed by atoms with E-state index in [4.69, 9.17) is 14.6 Å². The first-order chi connectivity index (χ1) is 8.05. The molecular weight excluding hydrogens is 222 g/mol. The van der Waals surface area contributed by atoms with Gasteiger partial charge in [0.05, 0.1) is 12.0 Å². The Morgan fingerprint density at radius 1 is 1.47 bits per heavy atom. The minimum Gasteiger partial charge on any atom is -0.481 e. The van der Waals surface area contributed by atoms with Crippen LogP contribution in [0.15, 0.2) is 18.2 Å². The first-order valence-corrected chi connectivity index (χ1v) is 5.36. The average Bonchev–Trinajstić information content (AvgIpc) is 2.74. The summed E-state index contributed by atoms with van der Waals surface area (Å²) in [5.74, 6) is 0.511. The van der Waals surface area contributed by atoms with E-state index in [9.17, 15) is 4.79 Å². The van der Waals surface area contributed by atoms with Gasteiger partial charge in [-0.05, 0) is 31.7 Å². The van der Waals surface area contributed by atoms with E-state index >= 15 is 0 Å². The number of hydrogen-bond acceptors (Lipinski definition) is 4. The van der Waals surface area contributed by atoms with Crippen molar-refractivity contribution in [2.24, 2.45) is 0 Å². The van der Waals surface area contributed by atoms with Crippen LogP contribution >= 0.6 is 0 Å². The predicted octanol–water partition coefficient (Wildman–Crippen LogP) is 1.32. The number of carboxylic acids is 1. The van der Waals surface area contributed by atoms with Crippen LogP contribution in [0.2, 0.25) is 0 Å². The van der Waals surface area contributed by atoms with Crippen LogP contribution in [0.5, 0.6) is 11.5 Å². The molecule has 0 spiro atoms. The van der Waals surface area contributed by atoms with Gasteiger partial charge in [0.15, 0.2) is 11.5 Å². The van der Waals surface area contributed by atoms with Crippen molar-refractivity contribution in [1.82, 2.24) is 5.32 Å². The highest BCUT2D eigenvalue weighted by atomic mass is 16.7. The Kier molecular flexibility index (Phi) is 2.93. The molecule has 1 aliphatic rings. The molecule has 1 atom stereocenters. The fraction of sp³-hybridized carbons (Fsp3) is 0.417. The number of hydrogen-bond donors (Lipinski definition) is 2. The zero-order chi connectivity index (χ0) is 12.5. The molecule has 0 saturated carbocycles. The maximum absolute atomic E-state index is 10.9. The summed E-state index contributed by atoms with van der Waals surface area (Å²) in [6, 6.07) is 5.48. The Hall–Kier alpha value is -1.75. The first kappa shape index (κ1) is 11.7. The van der Waals surface area contributed by atoms with Gasteiger partial charge in [-0.25, -0.2) is 0 Å². The van der Waals surface area contributed by atoms with Crippen LogP contribution in [0.1, 0.15) is 18.9 Å². The summed E-state index contributed by atoms with van der Waals surface area (Å²) in [4.78, 5) is 10.9. The standard InChI is InChI=1S/C12H15NO4/c1-12(13-2,6-11(14)15)8-3-4-9-10(5-8)17-7-16-9/h3-5,13H,6-7H2,1-2H3,(H,14,15). The Balaban J connectivity index is 2.34. The number of carboxylic acid groups (broad SMARTS) is 1. The highest BCUT2D eigenvalue weighted by Gasteiger charge is 2.29. The van der Waals surface area contributed by atoms with Crippen LogP contribution in [0, 0.1) is 0 Å². The number of carbonyl (C=O) groups is 1. The molecule has 1 aromatic rings. The van der Waals surface area contributed by atoms with Crippen molar-refractivity contribution >= 4 is 5.97 Å². The highest BCUT2D eigenvalue weighted by Crippen LogP contribution is 2.36. The molecule has 0 amide bonds. The van der Waals surface area contributed by atoms with E-state index in [2.05, 4.69) is 5.32 Å². The van der Waals surface area contributed by atoms with Gasteiger partial charge in [0, 0.05) is 0 Å². The molecule has 1 aromatic carbocycles. The molecule has 1 heterocycles. The molecule has 0 fully saturated rings. The molecule has 0 saturated heterocycles. The van der Waals surface area contributed by atoms with E-state index in [0.717, 1.165) is 5.56 Å². The monoisotopic (exact) mass is 237 g/mol. The smallest absolute Gasteiger partial charge is 0.305 e. The van der Waals surface area contributed by atoms with Crippen LogP contribution in [-0.2, 0) is 10.3 Å². The largest absolute Gasteiger partial charge is 0.481 e. The summed E-state index contributed by atoms with van der Waals surface area (Å²) < 4.78 is 10.5. The van der Waals surface area contributed by atoms with Crippen LogP contribution in [-0.4, -0.2) is 24.9 Å². The number of ether oxygens (including phenoxy) is 2. The molecule has 1 aliphatic heterocycles. The van der Waals surface area contributed by atoms with Gasteiger partial charge in [-0.3, -0.25) is 4.79 Å².